The summed E-state index contributed by atoms with van der Waals surface area (Å²) in [7, 11) is 0. The summed E-state index contributed by atoms with van der Waals surface area (Å²) in [4.78, 5) is 22.9. The summed E-state index contributed by atoms with van der Waals surface area (Å²) in [5, 5.41) is 2.95. The van der Waals surface area contributed by atoms with Gasteiger partial charge < -0.3 is 5.32 Å². The summed E-state index contributed by atoms with van der Waals surface area (Å²) in [5.41, 5.74) is 0. The maximum atomic E-state index is 11.6. The largest absolute Gasteiger partial charge is 0.345 e. The van der Waals surface area contributed by atoms with Crippen LogP contribution in [0.4, 0.5) is 0 Å². The van der Waals surface area contributed by atoms with E-state index >= 15 is 0 Å². The fourth-order valence-electron chi connectivity index (χ4n) is 1.96. The van der Waals surface area contributed by atoms with E-state index in [9.17, 15) is 9.59 Å². The van der Waals surface area contributed by atoms with Crippen molar-refractivity contribution in [1.29, 1.82) is 0 Å². The maximum absolute atomic E-state index is 11.6. The summed E-state index contributed by atoms with van der Waals surface area (Å²) in [6, 6.07) is -0.215. The van der Waals surface area contributed by atoms with Gasteiger partial charge in [-0.1, -0.05) is 50.8 Å². The zero-order valence-electron chi connectivity index (χ0n) is 10.7. The Labute approximate surface area is 108 Å². The van der Waals surface area contributed by atoms with Gasteiger partial charge in [0, 0.05) is 12.2 Å². The number of hydrogen-bond acceptors (Lipinski definition) is 3. The molecule has 0 saturated carbocycles. The van der Waals surface area contributed by atoms with Gasteiger partial charge in [0.25, 0.3) is 0 Å². The van der Waals surface area contributed by atoms with Crippen molar-refractivity contribution in [3.63, 3.8) is 0 Å². The number of hydrogen-bond donors (Lipinski definition) is 1. The molecule has 1 aliphatic rings. The molecule has 1 fully saturated rings. The van der Waals surface area contributed by atoms with Gasteiger partial charge in [0.15, 0.2) is 0 Å². The zero-order chi connectivity index (χ0) is 12.5. The minimum absolute atomic E-state index is 0.0429. The first kappa shape index (κ1) is 14.6. The molecule has 0 aromatic heterocycles. The number of rotatable bonds is 8. The summed E-state index contributed by atoms with van der Waals surface area (Å²) in [6.45, 7) is 2.20. The van der Waals surface area contributed by atoms with Crippen LogP contribution in [-0.4, -0.2) is 22.8 Å². The third-order valence-corrected chi connectivity index (χ3v) is 4.04. The maximum Gasteiger partial charge on any atom is 0.220 e. The summed E-state index contributed by atoms with van der Waals surface area (Å²) >= 11 is 1.33. The molecule has 98 valence electrons. The van der Waals surface area contributed by atoms with E-state index in [0.29, 0.717) is 6.42 Å². The van der Waals surface area contributed by atoms with E-state index in [0.717, 1.165) is 25.0 Å². The lowest BCUT2D eigenvalue weighted by molar-refractivity contribution is -0.124. The number of carbonyl (C=O) groups is 2. The fourth-order valence-corrected chi connectivity index (χ4v) is 2.89. The van der Waals surface area contributed by atoms with Crippen molar-refractivity contribution in [2.45, 2.75) is 64.3 Å². The van der Waals surface area contributed by atoms with Crippen LogP contribution in [0.15, 0.2) is 0 Å². The van der Waals surface area contributed by atoms with Crippen LogP contribution in [0.5, 0.6) is 0 Å². The second-order valence-corrected chi connectivity index (χ2v) is 5.69. The summed E-state index contributed by atoms with van der Waals surface area (Å²) in [5.74, 6) is 0.891. The van der Waals surface area contributed by atoms with Gasteiger partial charge in [0.2, 0.25) is 11.0 Å². The topological polar surface area (TPSA) is 46.2 Å². The van der Waals surface area contributed by atoms with Crippen molar-refractivity contribution in [2.24, 2.45) is 0 Å². The molecule has 1 amide bonds. The molecule has 3 nitrogen and oxygen atoms in total. The predicted molar refractivity (Wildman–Crippen MR) is 72.0 cm³/mol. The highest BCUT2D eigenvalue weighted by Crippen LogP contribution is 2.19. The Morgan fingerprint density at radius 1 is 1.29 bits per heavy atom. The standard InChI is InChI=1S/C13H23NO2S/c1-2-3-4-5-6-7-8-12(15)14-11-9-10-17-13(11)16/h11H,2-10H2,1H3,(H,14,15)/t11-/m0/s1. The Morgan fingerprint density at radius 2 is 2.00 bits per heavy atom. The van der Waals surface area contributed by atoms with E-state index in [1.165, 1.54) is 37.4 Å². The lowest BCUT2D eigenvalue weighted by Crippen LogP contribution is -2.36. The van der Waals surface area contributed by atoms with Crippen LogP contribution >= 0.6 is 11.8 Å². The van der Waals surface area contributed by atoms with Gasteiger partial charge in [-0.25, -0.2) is 0 Å². The molecule has 17 heavy (non-hydrogen) atoms. The van der Waals surface area contributed by atoms with E-state index < -0.39 is 0 Å². The van der Waals surface area contributed by atoms with E-state index in [1.807, 2.05) is 0 Å². The number of carbonyl (C=O) groups excluding carboxylic acids is 2. The molecular formula is C13H23NO2S. The fraction of sp³-hybridized carbons (Fsp3) is 0.846. The van der Waals surface area contributed by atoms with E-state index in [1.54, 1.807) is 0 Å². The van der Waals surface area contributed by atoms with E-state index in [-0.39, 0.29) is 17.1 Å². The van der Waals surface area contributed by atoms with Gasteiger partial charge in [-0.05, 0) is 12.8 Å². The molecular weight excluding hydrogens is 234 g/mol. The van der Waals surface area contributed by atoms with Gasteiger partial charge >= 0.3 is 0 Å². The molecule has 0 radical (unpaired) electrons. The molecule has 0 aromatic rings. The average Bonchev–Trinajstić information content (AvgIpc) is 2.69. The normalized spacial score (nSPS) is 19.6. The third kappa shape index (κ3) is 6.10. The Balaban J connectivity index is 1.99. The second-order valence-electron chi connectivity index (χ2n) is 4.59. The number of amides is 1. The van der Waals surface area contributed by atoms with Gasteiger partial charge in [0.05, 0.1) is 6.04 Å². The lowest BCUT2D eigenvalue weighted by atomic mass is 10.1. The molecule has 1 heterocycles. The molecule has 1 atom stereocenters. The van der Waals surface area contributed by atoms with Crippen LogP contribution < -0.4 is 5.32 Å². The smallest absolute Gasteiger partial charge is 0.220 e. The molecule has 0 bridgehead atoms. The third-order valence-electron chi connectivity index (χ3n) is 3.03. The summed E-state index contributed by atoms with van der Waals surface area (Å²) < 4.78 is 0. The van der Waals surface area contributed by atoms with Crippen molar-refractivity contribution in [2.75, 3.05) is 5.75 Å². The molecule has 0 aromatic carbocycles. The zero-order valence-corrected chi connectivity index (χ0v) is 11.5. The highest BCUT2D eigenvalue weighted by Gasteiger charge is 2.26. The number of unbranched alkanes of at least 4 members (excludes halogenated alkanes) is 5. The molecule has 0 unspecified atom stereocenters. The predicted octanol–water partition coefficient (Wildman–Crippen LogP) is 2.89. The van der Waals surface area contributed by atoms with Gasteiger partial charge in [-0.2, -0.15) is 0 Å². The summed E-state index contributed by atoms with van der Waals surface area (Å²) in [6.07, 6.45) is 8.48. The molecule has 4 heteroatoms. The van der Waals surface area contributed by atoms with Crippen LogP contribution in [0.3, 0.4) is 0 Å². The SMILES string of the molecule is CCCCCCCCC(=O)N[C@H]1CCSC1=O. The van der Waals surface area contributed by atoms with Crippen LogP contribution in [-0.2, 0) is 9.59 Å². The van der Waals surface area contributed by atoms with Crippen LogP contribution in [0.1, 0.15) is 58.3 Å². The highest BCUT2D eigenvalue weighted by molar-refractivity contribution is 8.14. The van der Waals surface area contributed by atoms with Gasteiger partial charge in [-0.15, -0.1) is 0 Å². The molecule has 1 saturated heterocycles. The number of nitrogens with one attached hydrogen (secondary N) is 1. The first-order valence-electron chi connectivity index (χ1n) is 6.70. The first-order chi connectivity index (χ1) is 8.24. The minimum atomic E-state index is -0.215. The Kier molecular flexibility index (Phi) is 7.33. The van der Waals surface area contributed by atoms with Crippen LogP contribution in [0.2, 0.25) is 0 Å². The highest BCUT2D eigenvalue weighted by atomic mass is 32.2. The minimum Gasteiger partial charge on any atom is -0.345 e. The van der Waals surface area contributed by atoms with Crippen molar-refractivity contribution in [1.82, 2.24) is 5.32 Å². The Morgan fingerprint density at radius 3 is 2.65 bits per heavy atom. The van der Waals surface area contributed by atoms with Crippen LogP contribution in [0.25, 0.3) is 0 Å². The van der Waals surface area contributed by atoms with Crippen molar-refractivity contribution in [3.05, 3.63) is 0 Å². The average molecular weight is 257 g/mol. The van der Waals surface area contributed by atoms with Gasteiger partial charge in [0.1, 0.15) is 0 Å². The Hall–Kier alpha value is -0.510. The van der Waals surface area contributed by atoms with Crippen LogP contribution in [0, 0.1) is 0 Å². The lowest BCUT2D eigenvalue weighted by Gasteiger charge is -2.09. The number of thioether (sulfide) groups is 1. The van der Waals surface area contributed by atoms with Crippen molar-refractivity contribution >= 4 is 22.8 Å². The molecule has 1 N–H and O–H groups in total. The molecule has 0 spiro atoms. The van der Waals surface area contributed by atoms with Crippen molar-refractivity contribution in [3.8, 4) is 0 Å². The molecule has 1 rings (SSSR count). The second kappa shape index (κ2) is 8.56. The monoisotopic (exact) mass is 257 g/mol. The molecule has 1 aliphatic heterocycles. The molecule has 0 aliphatic carbocycles. The first-order valence-corrected chi connectivity index (χ1v) is 7.68. The van der Waals surface area contributed by atoms with Gasteiger partial charge in [-0.3, -0.25) is 9.59 Å². The van der Waals surface area contributed by atoms with E-state index in [2.05, 4.69) is 12.2 Å². The Bertz CT molecular complexity index is 256. The van der Waals surface area contributed by atoms with Crippen molar-refractivity contribution < 1.29 is 9.59 Å². The quantitative estimate of drug-likeness (QED) is 0.680. The van der Waals surface area contributed by atoms with E-state index in [4.69, 9.17) is 0 Å².